The average Bonchev–Trinajstić information content (AvgIpc) is 2.91. The van der Waals surface area contributed by atoms with Crippen LogP contribution in [0.3, 0.4) is 0 Å². The lowest BCUT2D eigenvalue weighted by Crippen LogP contribution is -2.42. The first-order chi connectivity index (χ1) is 18.3. The quantitative estimate of drug-likeness (QED) is 0.398. The molecule has 1 aliphatic heterocycles. The molecule has 194 valence electrons. The van der Waals surface area contributed by atoms with Crippen LogP contribution in [0, 0.1) is 5.82 Å². The van der Waals surface area contributed by atoms with Gasteiger partial charge in [-0.05, 0) is 62.4 Å². The molecule has 0 bridgehead atoms. The molecule has 3 heterocycles. The first kappa shape index (κ1) is 24.8. The lowest BCUT2D eigenvalue weighted by atomic mass is 10.2. The Bertz CT molecular complexity index is 1610. The number of carbonyl (C=O) groups excluding carboxylic acids is 1. The number of nitrogens with zero attached hydrogens (tertiary/aromatic N) is 3. The Kier molecular flexibility index (Phi) is 6.65. The number of amides is 1. The normalized spacial score (nSPS) is 12.3. The van der Waals surface area contributed by atoms with Crippen molar-refractivity contribution in [3.63, 3.8) is 0 Å². The van der Waals surface area contributed by atoms with Crippen LogP contribution < -0.4 is 31.4 Å². The molecule has 4 aromatic rings. The molecule has 0 saturated carbocycles. The number of fused-ring (bicyclic) bond motifs is 1. The van der Waals surface area contributed by atoms with E-state index in [0.717, 1.165) is 16.7 Å². The van der Waals surface area contributed by atoms with Crippen molar-refractivity contribution in [2.45, 2.75) is 19.9 Å². The predicted molar refractivity (Wildman–Crippen MR) is 139 cm³/mol. The van der Waals surface area contributed by atoms with E-state index >= 15 is 0 Å². The molecule has 0 radical (unpaired) electrons. The Balaban J connectivity index is 1.40. The molecule has 2 aromatic carbocycles. The van der Waals surface area contributed by atoms with Gasteiger partial charge in [0.05, 0.1) is 12.2 Å². The molecule has 11 heteroatoms. The van der Waals surface area contributed by atoms with Crippen LogP contribution in [0.2, 0.25) is 0 Å². The van der Waals surface area contributed by atoms with Crippen molar-refractivity contribution in [1.29, 1.82) is 0 Å². The van der Waals surface area contributed by atoms with E-state index in [1.807, 2.05) is 0 Å². The monoisotopic (exact) mass is 517 g/mol. The van der Waals surface area contributed by atoms with Crippen LogP contribution in [-0.4, -0.2) is 33.2 Å². The van der Waals surface area contributed by atoms with E-state index < -0.39 is 23.0 Å². The maximum atomic E-state index is 13.4. The van der Waals surface area contributed by atoms with E-state index in [2.05, 4.69) is 15.6 Å². The standard InChI is InChI=1S/C27H24FN5O5/c1-16(2)32-15-21(26(35)33(27(32)36)19-7-3-17(28)4-8-19)25(34)31-18-5-9-20(10-6-18)38-22-11-12-29-24-23(22)37-14-13-30-24/h3-12,15-16H,13-14H2,1-2H3,(H,29,30)(H,31,34). The van der Waals surface area contributed by atoms with E-state index in [9.17, 15) is 18.8 Å². The van der Waals surface area contributed by atoms with Crippen molar-refractivity contribution < 1.29 is 18.7 Å². The van der Waals surface area contributed by atoms with Gasteiger partial charge in [-0.15, -0.1) is 0 Å². The number of hydrogen-bond donors (Lipinski definition) is 2. The zero-order chi connectivity index (χ0) is 26.8. The summed E-state index contributed by atoms with van der Waals surface area (Å²) in [4.78, 5) is 43.6. The lowest BCUT2D eigenvalue weighted by molar-refractivity contribution is 0.102. The van der Waals surface area contributed by atoms with Crippen molar-refractivity contribution in [3.8, 4) is 22.9 Å². The van der Waals surface area contributed by atoms with Gasteiger partial charge < -0.3 is 20.1 Å². The molecule has 0 atom stereocenters. The summed E-state index contributed by atoms with van der Waals surface area (Å²) in [6.45, 7) is 4.65. The van der Waals surface area contributed by atoms with Crippen LogP contribution in [0.15, 0.2) is 76.6 Å². The van der Waals surface area contributed by atoms with E-state index in [4.69, 9.17) is 9.47 Å². The molecular formula is C27H24FN5O5. The minimum Gasteiger partial charge on any atom is -0.485 e. The second-order valence-corrected chi connectivity index (χ2v) is 8.79. The summed E-state index contributed by atoms with van der Waals surface area (Å²) in [6.07, 6.45) is 2.85. The van der Waals surface area contributed by atoms with Crippen LogP contribution in [0.25, 0.3) is 5.69 Å². The molecule has 1 amide bonds. The van der Waals surface area contributed by atoms with Crippen LogP contribution in [0.4, 0.5) is 15.9 Å². The first-order valence-electron chi connectivity index (χ1n) is 11.9. The number of halogens is 1. The largest absolute Gasteiger partial charge is 0.485 e. The number of nitrogens with one attached hydrogen (secondary N) is 2. The highest BCUT2D eigenvalue weighted by Crippen LogP contribution is 2.38. The summed E-state index contributed by atoms with van der Waals surface area (Å²) in [5.41, 5.74) is -1.12. The number of carbonyl (C=O) groups is 1. The van der Waals surface area contributed by atoms with Gasteiger partial charge in [-0.2, -0.15) is 0 Å². The minimum atomic E-state index is -0.813. The second kappa shape index (κ2) is 10.2. The van der Waals surface area contributed by atoms with Crippen LogP contribution >= 0.6 is 0 Å². The summed E-state index contributed by atoms with van der Waals surface area (Å²) >= 11 is 0. The topological polar surface area (TPSA) is 116 Å². The molecule has 0 aliphatic carbocycles. The number of aromatic nitrogens is 3. The molecule has 0 saturated heterocycles. The Hall–Kier alpha value is -4.93. The van der Waals surface area contributed by atoms with Gasteiger partial charge in [-0.1, -0.05) is 0 Å². The van der Waals surface area contributed by atoms with Crippen molar-refractivity contribution in [2.75, 3.05) is 23.8 Å². The lowest BCUT2D eigenvalue weighted by Gasteiger charge is -2.20. The van der Waals surface area contributed by atoms with Gasteiger partial charge in [0.2, 0.25) is 5.75 Å². The third kappa shape index (κ3) is 4.85. The fraction of sp³-hybridized carbons (Fsp3) is 0.185. The Morgan fingerprint density at radius 2 is 1.84 bits per heavy atom. The Morgan fingerprint density at radius 3 is 2.55 bits per heavy atom. The fourth-order valence-corrected chi connectivity index (χ4v) is 3.95. The highest BCUT2D eigenvalue weighted by molar-refractivity contribution is 6.03. The number of ether oxygens (including phenoxy) is 2. The van der Waals surface area contributed by atoms with Crippen molar-refractivity contribution in [2.24, 2.45) is 0 Å². The van der Waals surface area contributed by atoms with Gasteiger partial charge in [0.25, 0.3) is 11.5 Å². The van der Waals surface area contributed by atoms with Gasteiger partial charge in [0, 0.05) is 30.2 Å². The average molecular weight is 518 g/mol. The number of pyridine rings is 1. The van der Waals surface area contributed by atoms with Gasteiger partial charge in [-0.3, -0.25) is 14.2 Å². The third-order valence-corrected chi connectivity index (χ3v) is 5.85. The number of anilines is 2. The molecule has 0 fully saturated rings. The van der Waals surface area contributed by atoms with E-state index in [-0.39, 0.29) is 17.3 Å². The van der Waals surface area contributed by atoms with Crippen molar-refractivity contribution >= 4 is 17.4 Å². The number of rotatable bonds is 6. The minimum absolute atomic E-state index is 0.157. The van der Waals surface area contributed by atoms with Gasteiger partial charge in [0.15, 0.2) is 11.6 Å². The summed E-state index contributed by atoms with van der Waals surface area (Å²) in [6, 6.07) is 12.8. The summed E-state index contributed by atoms with van der Waals surface area (Å²) in [7, 11) is 0. The number of benzene rings is 2. The second-order valence-electron chi connectivity index (χ2n) is 8.79. The highest BCUT2D eigenvalue weighted by Gasteiger charge is 2.20. The Morgan fingerprint density at radius 1 is 1.11 bits per heavy atom. The molecule has 1 aliphatic rings. The zero-order valence-electron chi connectivity index (χ0n) is 20.6. The highest BCUT2D eigenvalue weighted by atomic mass is 19.1. The van der Waals surface area contributed by atoms with Gasteiger partial charge in [-0.25, -0.2) is 18.7 Å². The molecule has 10 nitrogen and oxygen atoms in total. The molecule has 5 rings (SSSR count). The zero-order valence-corrected chi connectivity index (χ0v) is 20.6. The Labute approximate surface area is 216 Å². The summed E-state index contributed by atoms with van der Waals surface area (Å²) in [5.74, 6) is 0.909. The summed E-state index contributed by atoms with van der Waals surface area (Å²) < 4.78 is 27.2. The van der Waals surface area contributed by atoms with Crippen molar-refractivity contribution in [1.82, 2.24) is 14.1 Å². The van der Waals surface area contributed by atoms with Crippen LogP contribution in [0.1, 0.15) is 30.2 Å². The predicted octanol–water partition coefficient (Wildman–Crippen LogP) is 3.96. The van der Waals surface area contributed by atoms with Crippen LogP contribution in [0.5, 0.6) is 17.2 Å². The van der Waals surface area contributed by atoms with Gasteiger partial charge >= 0.3 is 5.69 Å². The molecule has 2 N–H and O–H groups in total. The molecular weight excluding hydrogens is 493 g/mol. The molecule has 0 unspecified atom stereocenters. The van der Waals surface area contributed by atoms with Crippen LogP contribution in [-0.2, 0) is 0 Å². The smallest absolute Gasteiger partial charge is 0.335 e. The number of hydrogen-bond acceptors (Lipinski definition) is 7. The van der Waals surface area contributed by atoms with Crippen molar-refractivity contribution in [3.05, 3.63) is 99.2 Å². The molecule has 38 heavy (non-hydrogen) atoms. The van der Waals surface area contributed by atoms with Gasteiger partial charge in [0.1, 0.15) is 23.7 Å². The third-order valence-electron chi connectivity index (χ3n) is 5.85. The first-order valence-corrected chi connectivity index (χ1v) is 11.9. The maximum absolute atomic E-state index is 13.4. The summed E-state index contributed by atoms with van der Waals surface area (Å²) in [5, 5.41) is 5.83. The SMILES string of the molecule is CC(C)n1cc(C(=O)Nc2ccc(Oc3ccnc4c3OCCN4)cc2)c(=O)n(-c2ccc(F)cc2)c1=O. The van der Waals surface area contributed by atoms with E-state index in [1.165, 1.54) is 22.9 Å². The van der Waals surface area contributed by atoms with E-state index in [1.54, 1.807) is 50.4 Å². The molecule has 2 aromatic heterocycles. The maximum Gasteiger partial charge on any atom is 0.335 e. The van der Waals surface area contributed by atoms with E-state index in [0.29, 0.717) is 41.9 Å². The fourth-order valence-electron chi connectivity index (χ4n) is 3.95. The molecule has 0 spiro atoms.